The second-order valence-electron chi connectivity index (χ2n) is 7.12. The molecule has 30 heavy (non-hydrogen) atoms. The number of rotatable bonds is 8. The summed E-state index contributed by atoms with van der Waals surface area (Å²) in [4.78, 5) is 28.5. The van der Waals surface area contributed by atoms with E-state index in [2.05, 4.69) is 15.6 Å². The van der Waals surface area contributed by atoms with E-state index >= 15 is 0 Å². The Labute approximate surface area is 174 Å². The predicted octanol–water partition coefficient (Wildman–Crippen LogP) is 3.91. The summed E-state index contributed by atoms with van der Waals surface area (Å²) in [5.41, 5.74) is 2.06. The minimum absolute atomic E-state index is 0.0371. The number of hydrogen-bond acceptors (Lipinski definition) is 6. The minimum atomic E-state index is -0.347. The topological polar surface area (TPSA) is 107 Å². The van der Waals surface area contributed by atoms with Gasteiger partial charge in [-0.1, -0.05) is 13.8 Å². The van der Waals surface area contributed by atoms with Crippen LogP contribution in [0.2, 0.25) is 0 Å². The zero-order valence-corrected chi connectivity index (χ0v) is 17.4. The molecule has 0 fully saturated rings. The number of carbonyl (C=O) groups is 2. The fraction of sp³-hybridized carbons (Fsp3) is 0.318. The molecule has 0 saturated carbocycles. The highest BCUT2D eigenvalue weighted by molar-refractivity contribution is 6.02. The fourth-order valence-corrected chi connectivity index (χ4v) is 2.70. The SMILES string of the molecule is COCc1ccc(C(=O)Nc2ccc(-c3nc(CNC(=O)C(C)C)c(C)o3)cc2)o1. The van der Waals surface area contributed by atoms with Crippen LogP contribution in [0.25, 0.3) is 11.5 Å². The maximum atomic E-state index is 12.3. The molecule has 8 nitrogen and oxygen atoms in total. The standard InChI is InChI=1S/C22H25N3O5/c1-13(2)20(26)23-11-18-14(3)29-22(25-18)15-5-7-16(8-6-15)24-21(27)19-10-9-17(30-19)12-28-4/h5-10,13H,11-12H2,1-4H3,(H,23,26)(H,24,27). The van der Waals surface area contributed by atoms with Gasteiger partial charge in [-0.05, 0) is 43.3 Å². The molecule has 158 valence electrons. The van der Waals surface area contributed by atoms with Crippen molar-refractivity contribution in [1.29, 1.82) is 0 Å². The molecule has 0 unspecified atom stereocenters. The molecule has 2 N–H and O–H groups in total. The average Bonchev–Trinajstić information content (AvgIpc) is 3.33. The number of benzene rings is 1. The summed E-state index contributed by atoms with van der Waals surface area (Å²) in [6, 6.07) is 10.4. The normalized spacial score (nSPS) is 11.0. The van der Waals surface area contributed by atoms with E-state index in [1.54, 1.807) is 43.5 Å². The molecule has 0 radical (unpaired) electrons. The second-order valence-corrected chi connectivity index (χ2v) is 7.12. The van der Waals surface area contributed by atoms with Crippen molar-refractivity contribution in [1.82, 2.24) is 10.3 Å². The lowest BCUT2D eigenvalue weighted by Crippen LogP contribution is -2.27. The van der Waals surface area contributed by atoms with Crippen molar-refractivity contribution in [3.05, 3.63) is 59.4 Å². The van der Waals surface area contributed by atoms with Gasteiger partial charge in [0.05, 0.1) is 6.54 Å². The summed E-state index contributed by atoms with van der Waals surface area (Å²) in [5.74, 6) is 1.42. The van der Waals surface area contributed by atoms with Crippen molar-refractivity contribution >= 4 is 17.5 Å². The van der Waals surface area contributed by atoms with E-state index in [0.29, 0.717) is 41.9 Å². The van der Waals surface area contributed by atoms with E-state index < -0.39 is 0 Å². The van der Waals surface area contributed by atoms with Crippen molar-refractivity contribution < 1.29 is 23.2 Å². The summed E-state index contributed by atoms with van der Waals surface area (Å²) in [6.45, 7) is 6.10. The van der Waals surface area contributed by atoms with Crippen molar-refractivity contribution in [2.24, 2.45) is 5.92 Å². The zero-order chi connectivity index (χ0) is 21.7. The molecule has 0 aliphatic carbocycles. The molecular weight excluding hydrogens is 386 g/mol. The Kier molecular flexibility index (Phi) is 6.68. The Morgan fingerprint density at radius 3 is 2.50 bits per heavy atom. The van der Waals surface area contributed by atoms with Crippen LogP contribution in [0.5, 0.6) is 0 Å². The number of carbonyl (C=O) groups excluding carboxylic acids is 2. The number of furan rings is 1. The van der Waals surface area contributed by atoms with E-state index in [4.69, 9.17) is 13.6 Å². The number of anilines is 1. The lowest BCUT2D eigenvalue weighted by atomic mass is 10.2. The largest absolute Gasteiger partial charge is 0.453 e. The van der Waals surface area contributed by atoms with E-state index in [1.165, 1.54) is 0 Å². The molecule has 0 atom stereocenters. The Hall–Kier alpha value is -3.39. The molecule has 0 bridgehead atoms. The molecular formula is C22H25N3O5. The van der Waals surface area contributed by atoms with E-state index in [1.807, 2.05) is 20.8 Å². The summed E-state index contributed by atoms with van der Waals surface area (Å²) in [6.07, 6.45) is 0. The van der Waals surface area contributed by atoms with Crippen LogP contribution in [0.3, 0.4) is 0 Å². The first-order chi connectivity index (χ1) is 14.4. The molecule has 0 saturated heterocycles. The fourth-order valence-electron chi connectivity index (χ4n) is 2.70. The first-order valence-corrected chi connectivity index (χ1v) is 9.60. The summed E-state index contributed by atoms with van der Waals surface area (Å²) in [7, 11) is 1.56. The number of amides is 2. The van der Waals surface area contributed by atoms with Gasteiger partial charge in [0, 0.05) is 24.3 Å². The van der Waals surface area contributed by atoms with Crippen LogP contribution in [0, 0.1) is 12.8 Å². The average molecular weight is 411 g/mol. The maximum absolute atomic E-state index is 12.3. The third-order valence-corrected chi connectivity index (χ3v) is 4.41. The Balaban J connectivity index is 1.64. The Morgan fingerprint density at radius 2 is 1.83 bits per heavy atom. The monoisotopic (exact) mass is 411 g/mol. The van der Waals surface area contributed by atoms with Crippen molar-refractivity contribution in [2.75, 3.05) is 12.4 Å². The van der Waals surface area contributed by atoms with Gasteiger partial charge < -0.3 is 24.2 Å². The molecule has 2 amide bonds. The van der Waals surface area contributed by atoms with Gasteiger partial charge >= 0.3 is 0 Å². The van der Waals surface area contributed by atoms with Gasteiger partial charge in [-0.2, -0.15) is 0 Å². The number of nitrogens with zero attached hydrogens (tertiary/aromatic N) is 1. The maximum Gasteiger partial charge on any atom is 0.291 e. The molecule has 3 aromatic rings. The van der Waals surface area contributed by atoms with Crippen LogP contribution in [-0.4, -0.2) is 23.9 Å². The molecule has 0 aliphatic rings. The number of nitrogens with one attached hydrogen (secondary N) is 2. The molecule has 3 rings (SSSR count). The summed E-state index contributed by atoms with van der Waals surface area (Å²) >= 11 is 0. The van der Waals surface area contributed by atoms with Gasteiger partial charge in [-0.15, -0.1) is 0 Å². The molecule has 2 aromatic heterocycles. The number of hydrogen-bond donors (Lipinski definition) is 2. The van der Waals surface area contributed by atoms with Crippen LogP contribution in [0.1, 0.15) is 41.6 Å². The van der Waals surface area contributed by atoms with Crippen LogP contribution in [-0.2, 0) is 22.7 Å². The molecule has 8 heteroatoms. The van der Waals surface area contributed by atoms with Crippen LogP contribution in [0.15, 0.2) is 45.2 Å². The van der Waals surface area contributed by atoms with Crippen LogP contribution >= 0.6 is 0 Å². The minimum Gasteiger partial charge on any atom is -0.453 e. The lowest BCUT2D eigenvalue weighted by Gasteiger charge is -2.05. The van der Waals surface area contributed by atoms with Gasteiger partial charge in [0.1, 0.15) is 23.8 Å². The highest BCUT2D eigenvalue weighted by Gasteiger charge is 2.15. The molecule has 0 aliphatic heterocycles. The van der Waals surface area contributed by atoms with E-state index in [-0.39, 0.29) is 23.5 Å². The molecule has 2 heterocycles. The number of methoxy groups -OCH3 is 1. The number of ether oxygens (including phenoxy) is 1. The van der Waals surface area contributed by atoms with Gasteiger partial charge in [-0.3, -0.25) is 9.59 Å². The lowest BCUT2D eigenvalue weighted by molar-refractivity contribution is -0.124. The van der Waals surface area contributed by atoms with Crippen LogP contribution in [0.4, 0.5) is 5.69 Å². The smallest absolute Gasteiger partial charge is 0.291 e. The summed E-state index contributed by atoms with van der Waals surface area (Å²) in [5, 5.41) is 5.61. The number of aromatic nitrogens is 1. The van der Waals surface area contributed by atoms with Gasteiger partial charge in [-0.25, -0.2) is 4.98 Å². The molecule has 0 spiro atoms. The van der Waals surface area contributed by atoms with Crippen LogP contribution < -0.4 is 10.6 Å². The Bertz CT molecular complexity index is 1020. The number of oxazole rings is 1. The highest BCUT2D eigenvalue weighted by Crippen LogP contribution is 2.24. The number of aryl methyl sites for hydroxylation is 1. The highest BCUT2D eigenvalue weighted by atomic mass is 16.5. The van der Waals surface area contributed by atoms with Gasteiger partial charge in [0.25, 0.3) is 5.91 Å². The van der Waals surface area contributed by atoms with Crippen molar-refractivity contribution in [3.8, 4) is 11.5 Å². The van der Waals surface area contributed by atoms with E-state index in [0.717, 1.165) is 5.56 Å². The van der Waals surface area contributed by atoms with Gasteiger partial charge in [0.15, 0.2) is 5.76 Å². The van der Waals surface area contributed by atoms with Crippen molar-refractivity contribution in [3.63, 3.8) is 0 Å². The summed E-state index contributed by atoms with van der Waals surface area (Å²) < 4.78 is 16.1. The third kappa shape index (κ3) is 5.15. The van der Waals surface area contributed by atoms with Crippen molar-refractivity contribution in [2.45, 2.75) is 33.9 Å². The molecule has 1 aromatic carbocycles. The van der Waals surface area contributed by atoms with Gasteiger partial charge in [0.2, 0.25) is 11.8 Å². The third-order valence-electron chi connectivity index (χ3n) is 4.41. The Morgan fingerprint density at radius 1 is 1.10 bits per heavy atom. The van der Waals surface area contributed by atoms with E-state index in [9.17, 15) is 9.59 Å². The predicted molar refractivity (Wildman–Crippen MR) is 111 cm³/mol. The first kappa shape index (κ1) is 21.3. The first-order valence-electron chi connectivity index (χ1n) is 9.60. The quantitative estimate of drug-likeness (QED) is 0.582. The zero-order valence-electron chi connectivity index (χ0n) is 17.4. The second kappa shape index (κ2) is 9.41.